The molecule has 0 atom stereocenters. The second-order valence-electron chi connectivity index (χ2n) is 2.41. The fourth-order valence-electron chi connectivity index (χ4n) is 0.892. The van der Waals surface area contributed by atoms with E-state index in [4.69, 9.17) is 0 Å². The van der Waals surface area contributed by atoms with E-state index >= 15 is 0 Å². The van der Waals surface area contributed by atoms with Crippen molar-refractivity contribution >= 4 is 21.6 Å². The average molecular weight is 247 g/mol. The van der Waals surface area contributed by atoms with E-state index in [9.17, 15) is 14.9 Å². The van der Waals surface area contributed by atoms with Crippen molar-refractivity contribution in [1.82, 2.24) is 4.57 Å². The second kappa shape index (κ2) is 3.69. The molecule has 70 valence electrons. The highest BCUT2D eigenvalue weighted by atomic mass is 79.9. The van der Waals surface area contributed by atoms with Crippen molar-refractivity contribution in [3.63, 3.8) is 0 Å². The molecule has 0 spiro atoms. The molecule has 13 heavy (non-hydrogen) atoms. The molecule has 0 saturated heterocycles. The maximum Gasteiger partial charge on any atom is 0.333 e. The van der Waals surface area contributed by atoms with Crippen LogP contribution in [0.2, 0.25) is 0 Å². The standard InChI is InChI=1S/C7H7BrN2O3/c1-2-9-3-5(8)7(11)6(4-9)10(12)13/h3-4H,2H2,1H3. The van der Waals surface area contributed by atoms with Gasteiger partial charge < -0.3 is 4.57 Å². The highest BCUT2D eigenvalue weighted by molar-refractivity contribution is 9.10. The molecule has 0 N–H and O–H groups in total. The van der Waals surface area contributed by atoms with Gasteiger partial charge in [-0.25, -0.2) is 0 Å². The van der Waals surface area contributed by atoms with Crippen LogP contribution in [-0.2, 0) is 6.54 Å². The maximum atomic E-state index is 11.2. The molecule has 1 aromatic rings. The first-order valence-electron chi connectivity index (χ1n) is 3.60. The van der Waals surface area contributed by atoms with Gasteiger partial charge in [-0.2, -0.15) is 0 Å². The van der Waals surface area contributed by atoms with Gasteiger partial charge in [0.05, 0.1) is 15.6 Å². The van der Waals surface area contributed by atoms with E-state index in [-0.39, 0.29) is 4.47 Å². The van der Waals surface area contributed by atoms with Gasteiger partial charge in [0.1, 0.15) is 0 Å². The lowest BCUT2D eigenvalue weighted by Gasteiger charge is -2.01. The molecule has 0 aliphatic heterocycles. The van der Waals surface area contributed by atoms with Crippen molar-refractivity contribution in [2.24, 2.45) is 0 Å². The third-order valence-corrected chi connectivity index (χ3v) is 2.14. The number of aromatic nitrogens is 1. The second-order valence-corrected chi connectivity index (χ2v) is 3.26. The van der Waals surface area contributed by atoms with Crippen LogP contribution >= 0.6 is 15.9 Å². The Morgan fingerprint density at radius 3 is 2.69 bits per heavy atom. The Morgan fingerprint density at radius 1 is 1.62 bits per heavy atom. The van der Waals surface area contributed by atoms with Crippen LogP contribution in [-0.4, -0.2) is 9.49 Å². The van der Waals surface area contributed by atoms with Gasteiger partial charge in [-0.3, -0.25) is 14.9 Å². The van der Waals surface area contributed by atoms with Crippen molar-refractivity contribution in [3.05, 3.63) is 37.2 Å². The molecule has 1 rings (SSSR count). The quantitative estimate of drug-likeness (QED) is 0.588. The highest BCUT2D eigenvalue weighted by Crippen LogP contribution is 2.10. The lowest BCUT2D eigenvalue weighted by Crippen LogP contribution is -2.12. The largest absolute Gasteiger partial charge is 0.347 e. The molecular formula is C7H7BrN2O3. The Labute approximate surface area is 82.3 Å². The zero-order valence-corrected chi connectivity index (χ0v) is 8.44. The van der Waals surface area contributed by atoms with E-state index < -0.39 is 16.0 Å². The third-order valence-electron chi connectivity index (χ3n) is 1.58. The molecule has 0 unspecified atom stereocenters. The van der Waals surface area contributed by atoms with E-state index in [1.165, 1.54) is 12.4 Å². The minimum atomic E-state index is -0.681. The number of aryl methyl sites for hydroxylation is 1. The number of pyridine rings is 1. The summed E-state index contributed by atoms with van der Waals surface area (Å²) < 4.78 is 1.78. The SMILES string of the molecule is CCn1cc(Br)c(=O)c([N+](=O)[O-])c1. The molecular weight excluding hydrogens is 240 g/mol. The minimum absolute atomic E-state index is 0.212. The van der Waals surface area contributed by atoms with E-state index in [1.54, 1.807) is 4.57 Å². The summed E-state index contributed by atoms with van der Waals surface area (Å²) >= 11 is 2.97. The van der Waals surface area contributed by atoms with Crippen LogP contribution in [0.4, 0.5) is 5.69 Å². The smallest absolute Gasteiger partial charge is 0.333 e. The lowest BCUT2D eigenvalue weighted by atomic mass is 10.4. The summed E-state index contributed by atoms with van der Waals surface area (Å²) in [6, 6.07) is 0. The van der Waals surface area contributed by atoms with Gasteiger partial charge in [0.15, 0.2) is 0 Å². The fraction of sp³-hybridized carbons (Fsp3) is 0.286. The lowest BCUT2D eigenvalue weighted by molar-refractivity contribution is -0.386. The zero-order valence-electron chi connectivity index (χ0n) is 6.86. The van der Waals surface area contributed by atoms with Gasteiger partial charge in [0.2, 0.25) is 0 Å². The summed E-state index contributed by atoms with van der Waals surface area (Å²) in [4.78, 5) is 20.9. The van der Waals surface area contributed by atoms with Crippen molar-refractivity contribution in [3.8, 4) is 0 Å². The van der Waals surface area contributed by atoms with Crippen LogP contribution in [0.15, 0.2) is 21.7 Å². The summed E-state index contributed by atoms with van der Waals surface area (Å²) in [7, 11) is 0. The van der Waals surface area contributed by atoms with E-state index in [2.05, 4.69) is 15.9 Å². The van der Waals surface area contributed by atoms with Gasteiger partial charge in [-0.15, -0.1) is 0 Å². The molecule has 0 aliphatic carbocycles. The minimum Gasteiger partial charge on any atom is -0.347 e. The molecule has 0 saturated carbocycles. The number of hydrogen-bond donors (Lipinski definition) is 0. The predicted octanol–water partition coefficient (Wildman–Crippen LogP) is 1.54. The van der Waals surface area contributed by atoms with Gasteiger partial charge >= 0.3 is 5.69 Å². The molecule has 0 radical (unpaired) electrons. The molecule has 0 aromatic carbocycles. The Bertz CT molecular complexity index is 399. The van der Waals surface area contributed by atoms with Gasteiger partial charge in [0, 0.05) is 12.7 Å². The Kier molecular flexibility index (Phi) is 2.82. The van der Waals surface area contributed by atoms with Crippen LogP contribution in [0.1, 0.15) is 6.92 Å². The van der Waals surface area contributed by atoms with Gasteiger partial charge in [-0.1, -0.05) is 0 Å². The van der Waals surface area contributed by atoms with Crippen molar-refractivity contribution in [1.29, 1.82) is 0 Å². The zero-order chi connectivity index (χ0) is 10.0. The van der Waals surface area contributed by atoms with Crippen LogP contribution in [0.25, 0.3) is 0 Å². The number of hydrogen-bond acceptors (Lipinski definition) is 3. The predicted molar refractivity (Wildman–Crippen MR) is 50.7 cm³/mol. The summed E-state index contributed by atoms with van der Waals surface area (Å²) in [5.41, 5.74) is -0.995. The fourth-order valence-corrected chi connectivity index (χ4v) is 1.36. The van der Waals surface area contributed by atoms with E-state index in [0.29, 0.717) is 6.54 Å². The molecule has 0 amide bonds. The summed E-state index contributed by atoms with van der Waals surface area (Å²) in [5, 5.41) is 10.4. The first kappa shape index (κ1) is 9.91. The molecule has 6 heteroatoms. The van der Waals surface area contributed by atoms with Crippen LogP contribution in [0, 0.1) is 10.1 Å². The van der Waals surface area contributed by atoms with Crippen LogP contribution in [0.3, 0.4) is 0 Å². The topological polar surface area (TPSA) is 65.1 Å². The Balaban J connectivity index is 3.42. The third kappa shape index (κ3) is 1.95. The Hall–Kier alpha value is -1.17. The monoisotopic (exact) mass is 246 g/mol. The summed E-state index contributed by atoms with van der Waals surface area (Å²) in [5.74, 6) is 0. The number of rotatable bonds is 2. The number of nitro groups is 1. The average Bonchev–Trinajstić information content (AvgIpc) is 2.09. The Morgan fingerprint density at radius 2 is 2.23 bits per heavy atom. The number of halogens is 1. The molecule has 5 nitrogen and oxygen atoms in total. The number of nitrogens with zero attached hydrogens (tertiary/aromatic N) is 2. The van der Waals surface area contributed by atoms with Crippen molar-refractivity contribution in [2.75, 3.05) is 0 Å². The summed E-state index contributed by atoms with van der Waals surface area (Å²) in [6.45, 7) is 2.42. The van der Waals surface area contributed by atoms with E-state index in [1.807, 2.05) is 6.92 Å². The molecule has 0 bridgehead atoms. The van der Waals surface area contributed by atoms with Crippen molar-refractivity contribution in [2.45, 2.75) is 13.5 Å². The van der Waals surface area contributed by atoms with Crippen LogP contribution in [0.5, 0.6) is 0 Å². The summed E-state index contributed by atoms with van der Waals surface area (Å²) in [6.07, 6.45) is 2.75. The highest BCUT2D eigenvalue weighted by Gasteiger charge is 2.14. The maximum absolute atomic E-state index is 11.2. The van der Waals surface area contributed by atoms with Gasteiger partial charge in [0.25, 0.3) is 5.43 Å². The van der Waals surface area contributed by atoms with Crippen molar-refractivity contribution < 1.29 is 4.92 Å². The first-order chi connectivity index (χ1) is 6.06. The van der Waals surface area contributed by atoms with E-state index in [0.717, 1.165) is 0 Å². The molecule has 1 heterocycles. The normalized spacial score (nSPS) is 10.0. The molecule has 1 aromatic heterocycles. The van der Waals surface area contributed by atoms with Crippen LogP contribution < -0.4 is 5.43 Å². The molecule has 0 fully saturated rings. The molecule has 0 aliphatic rings. The van der Waals surface area contributed by atoms with Gasteiger partial charge in [-0.05, 0) is 22.9 Å². The first-order valence-corrected chi connectivity index (χ1v) is 4.39.